The molecule has 16 heavy (non-hydrogen) atoms. The Labute approximate surface area is 94.8 Å². The summed E-state index contributed by atoms with van der Waals surface area (Å²) in [5, 5.41) is 2.87. The highest BCUT2D eigenvalue weighted by Crippen LogP contribution is 2.19. The van der Waals surface area contributed by atoms with Crippen molar-refractivity contribution in [2.45, 2.75) is 25.4 Å². The van der Waals surface area contributed by atoms with E-state index >= 15 is 0 Å². The summed E-state index contributed by atoms with van der Waals surface area (Å²) in [6.07, 6.45) is 2.18. The van der Waals surface area contributed by atoms with Crippen LogP contribution in [0, 0.1) is 0 Å². The second kappa shape index (κ2) is 4.99. The lowest BCUT2D eigenvalue weighted by Crippen LogP contribution is -2.30. The second-order valence-electron chi connectivity index (χ2n) is 3.94. The third-order valence-electron chi connectivity index (χ3n) is 2.49. The minimum atomic E-state index is -0.0608. The third kappa shape index (κ3) is 2.97. The molecular weight excluding hydrogens is 204 g/mol. The number of hydrogen-bond donors (Lipinski definition) is 2. The molecule has 86 valence electrons. The molecule has 2 rings (SSSR count). The highest BCUT2D eigenvalue weighted by Gasteiger charge is 2.23. The van der Waals surface area contributed by atoms with Crippen LogP contribution >= 0.6 is 0 Å². The van der Waals surface area contributed by atoms with Crippen LogP contribution in [-0.2, 0) is 11.3 Å². The van der Waals surface area contributed by atoms with Gasteiger partial charge >= 0.3 is 0 Å². The molecule has 0 bridgehead atoms. The topological polar surface area (TPSA) is 64.3 Å². The number of carbonyl (C=O) groups is 1. The summed E-state index contributed by atoms with van der Waals surface area (Å²) in [5.41, 5.74) is 6.49. The minimum absolute atomic E-state index is 0.0608. The van der Waals surface area contributed by atoms with Gasteiger partial charge < -0.3 is 15.8 Å². The van der Waals surface area contributed by atoms with E-state index in [9.17, 15) is 4.79 Å². The molecule has 4 heteroatoms. The van der Waals surface area contributed by atoms with Crippen molar-refractivity contribution < 1.29 is 9.53 Å². The highest BCUT2D eigenvalue weighted by molar-refractivity contribution is 5.78. The molecule has 1 aliphatic rings. The Hall–Kier alpha value is -1.55. The smallest absolute Gasteiger partial charge is 0.258 e. The van der Waals surface area contributed by atoms with Crippen LogP contribution in [0.3, 0.4) is 0 Å². The van der Waals surface area contributed by atoms with E-state index in [1.807, 2.05) is 24.3 Å². The first-order chi connectivity index (χ1) is 7.79. The molecule has 0 radical (unpaired) electrons. The fourth-order valence-corrected chi connectivity index (χ4v) is 1.45. The van der Waals surface area contributed by atoms with Crippen molar-refractivity contribution in [3.8, 4) is 5.75 Å². The maximum atomic E-state index is 11.4. The van der Waals surface area contributed by atoms with Gasteiger partial charge in [0.1, 0.15) is 5.75 Å². The molecule has 0 unspecified atom stereocenters. The molecule has 0 aromatic heterocycles. The standard InChI is InChI=1S/C12H16N2O2/c13-7-9-3-1-2-4-11(9)16-8-12(15)14-10-5-6-10/h1-4,10H,5-8,13H2,(H,14,15). The maximum Gasteiger partial charge on any atom is 0.258 e. The first-order valence-corrected chi connectivity index (χ1v) is 5.49. The molecule has 0 atom stereocenters. The molecule has 0 heterocycles. The van der Waals surface area contributed by atoms with Crippen molar-refractivity contribution in [1.29, 1.82) is 0 Å². The van der Waals surface area contributed by atoms with Gasteiger partial charge in [-0.15, -0.1) is 0 Å². The van der Waals surface area contributed by atoms with Crippen LogP contribution in [0.2, 0.25) is 0 Å². The van der Waals surface area contributed by atoms with Gasteiger partial charge in [0.05, 0.1) is 0 Å². The van der Waals surface area contributed by atoms with Crippen LogP contribution in [0.1, 0.15) is 18.4 Å². The molecule has 4 nitrogen and oxygen atoms in total. The quantitative estimate of drug-likeness (QED) is 0.771. The fraction of sp³-hybridized carbons (Fsp3) is 0.417. The van der Waals surface area contributed by atoms with E-state index in [0.717, 1.165) is 18.4 Å². The summed E-state index contributed by atoms with van der Waals surface area (Å²) < 4.78 is 5.43. The molecule has 0 spiro atoms. The molecule has 1 amide bonds. The Kier molecular flexibility index (Phi) is 3.41. The predicted octanol–water partition coefficient (Wildman–Crippen LogP) is 0.803. The van der Waals surface area contributed by atoms with E-state index in [1.54, 1.807) is 0 Å². The van der Waals surface area contributed by atoms with Gasteiger partial charge in [-0.1, -0.05) is 18.2 Å². The monoisotopic (exact) mass is 220 g/mol. The van der Waals surface area contributed by atoms with Crippen molar-refractivity contribution in [3.63, 3.8) is 0 Å². The largest absolute Gasteiger partial charge is 0.483 e. The Morgan fingerprint density at radius 2 is 2.19 bits per heavy atom. The van der Waals surface area contributed by atoms with E-state index in [0.29, 0.717) is 18.3 Å². The van der Waals surface area contributed by atoms with Gasteiger partial charge in [-0.05, 0) is 18.9 Å². The number of benzene rings is 1. The summed E-state index contributed by atoms with van der Waals surface area (Å²) in [6, 6.07) is 7.87. The van der Waals surface area contributed by atoms with Gasteiger partial charge in [0, 0.05) is 18.2 Å². The number of para-hydroxylation sites is 1. The number of amides is 1. The van der Waals surface area contributed by atoms with Crippen molar-refractivity contribution in [3.05, 3.63) is 29.8 Å². The Morgan fingerprint density at radius 3 is 2.88 bits per heavy atom. The van der Waals surface area contributed by atoms with Crippen LogP contribution in [0.4, 0.5) is 0 Å². The SMILES string of the molecule is NCc1ccccc1OCC(=O)NC1CC1. The molecule has 1 aromatic rings. The molecular formula is C12H16N2O2. The number of nitrogens with one attached hydrogen (secondary N) is 1. The lowest BCUT2D eigenvalue weighted by molar-refractivity contribution is -0.123. The van der Waals surface area contributed by atoms with Crippen molar-refractivity contribution >= 4 is 5.91 Å². The van der Waals surface area contributed by atoms with Crippen LogP contribution in [0.25, 0.3) is 0 Å². The van der Waals surface area contributed by atoms with Crippen LogP contribution in [0.15, 0.2) is 24.3 Å². The normalized spacial score (nSPS) is 14.6. The molecule has 1 aliphatic carbocycles. The molecule has 3 N–H and O–H groups in total. The first kappa shape index (κ1) is 11.0. The third-order valence-corrected chi connectivity index (χ3v) is 2.49. The Bertz CT molecular complexity index is 375. The summed E-state index contributed by atoms with van der Waals surface area (Å²) >= 11 is 0. The summed E-state index contributed by atoms with van der Waals surface area (Å²) in [6.45, 7) is 0.480. The average molecular weight is 220 g/mol. The van der Waals surface area contributed by atoms with E-state index in [4.69, 9.17) is 10.5 Å². The van der Waals surface area contributed by atoms with Crippen LogP contribution < -0.4 is 15.8 Å². The Morgan fingerprint density at radius 1 is 1.44 bits per heavy atom. The van der Waals surface area contributed by atoms with Gasteiger partial charge in [0.25, 0.3) is 5.91 Å². The zero-order valence-electron chi connectivity index (χ0n) is 9.11. The zero-order valence-corrected chi connectivity index (χ0v) is 9.11. The van der Waals surface area contributed by atoms with E-state index in [1.165, 1.54) is 0 Å². The van der Waals surface area contributed by atoms with E-state index in [2.05, 4.69) is 5.32 Å². The van der Waals surface area contributed by atoms with Gasteiger partial charge in [-0.3, -0.25) is 4.79 Å². The molecule has 1 saturated carbocycles. The first-order valence-electron chi connectivity index (χ1n) is 5.49. The number of nitrogens with two attached hydrogens (primary N) is 1. The second-order valence-corrected chi connectivity index (χ2v) is 3.94. The summed E-state index contributed by atoms with van der Waals surface area (Å²) in [7, 11) is 0. The average Bonchev–Trinajstić information content (AvgIpc) is 3.10. The zero-order chi connectivity index (χ0) is 11.4. The lowest BCUT2D eigenvalue weighted by atomic mass is 10.2. The predicted molar refractivity (Wildman–Crippen MR) is 61.0 cm³/mol. The van der Waals surface area contributed by atoms with Crippen LogP contribution in [-0.4, -0.2) is 18.6 Å². The lowest BCUT2D eigenvalue weighted by Gasteiger charge is -2.09. The van der Waals surface area contributed by atoms with E-state index < -0.39 is 0 Å². The summed E-state index contributed by atoms with van der Waals surface area (Å²) in [5.74, 6) is 0.630. The molecule has 1 aromatic carbocycles. The summed E-state index contributed by atoms with van der Waals surface area (Å²) in [4.78, 5) is 11.4. The van der Waals surface area contributed by atoms with Crippen molar-refractivity contribution in [2.75, 3.05) is 6.61 Å². The number of rotatable bonds is 5. The van der Waals surface area contributed by atoms with Crippen molar-refractivity contribution in [2.24, 2.45) is 5.73 Å². The van der Waals surface area contributed by atoms with Gasteiger partial charge in [-0.2, -0.15) is 0 Å². The van der Waals surface area contributed by atoms with Crippen LogP contribution in [0.5, 0.6) is 5.75 Å². The van der Waals surface area contributed by atoms with E-state index in [-0.39, 0.29) is 12.5 Å². The van der Waals surface area contributed by atoms with Gasteiger partial charge in [0.2, 0.25) is 0 Å². The molecule has 0 aliphatic heterocycles. The molecule has 0 saturated heterocycles. The van der Waals surface area contributed by atoms with Crippen molar-refractivity contribution in [1.82, 2.24) is 5.32 Å². The fourth-order valence-electron chi connectivity index (χ4n) is 1.45. The van der Waals surface area contributed by atoms with Gasteiger partial charge in [0.15, 0.2) is 6.61 Å². The van der Waals surface area contributed by atoms with Gasteiger partial charge in [-0.25, -0.2) is 0 Å². The maximum absolute atomic E-state index is 11.4. The number of hydrogen-bond acceptors (Lipinski definition) is 3. The molecule has 1 fully saturated rings. The highest BCUT2D eigenvalue weighted by atomic mass is 16.5. The number of carbonyl (C=O) groups excluding carboxylic acids is 1. The minimum Gasteiger partial charge on any atom is -0.483 e. The number of ether oxygens (including phenoxy) is 1. The Balaban J connectivity index is 1.85.